The third-order valence-electron chi connectivity index (χ3n) is 5.43. The van der Waals surface area contributed by atoms with Crippen molar-refractivity contribution in [3.05, 3.63) is 100 Å². The van der Waals surface area contributed by atoms with Gasteiger partial charge in [0.1, 0.15) is 0 Å². The smallest absolute Gasteiger partial charge is 0.269 e. The highest BCUT2D eigenvalue weighted by Gasteiger charge is 2.24. The van der Waals surface area contributed by atoms with Gasteiger partial charge in [0.25, 0.3) is 17.5 Å². The number of anilines is 2. The molecule has 0 aliphatic carbocycles. The number of nitro groups is 1. The molecule has 162 valence electrons. The van der Waals surface area contributed by atoms with Crippen molar-refractivity contribution >= 4 is 28.9 Å². The van der Waals surface area contributed by atoms with E-state index in [9.17, 15) is 19.7 Å². The molecule has 4 rings (SSSR count). The number of amides is 2. The molecule has 0 unspecified atom stereocenters. The normalized spacial score (nSPS) is 13.5. The van der Waals surface area contributed by atoms with E-state index >= 15 is 0 Å². The van der Waals surface area contributed by atoms with Crippen LogP contribution in [-0.4, -0.2) is 47.8 Å². The van der Waals surface area contributed by atoms with Crippen LogP contribution in [0, 0.1) is 10.1 Å². The van der Waals surface area contributed by atoms with Crippen molar-refractivity contribution in [3.8, 4) is 0 Å². The maximum atomic E-state index is 13.2. The molecule has 0 aromatic heterocycles. The van der Waals surface area contributed by atoms with Gasteiger partial charge in [0.15, 0.2) is 0 Å². The van der Waals surface area contributed by atoms with E-state index in [2.05, 4.69) is 10.2 Å². The fraction of sp³-hybridized carbons (Fsp3) is 0.167. The van der Waals surface area contributed by atoms with Crippen LogP contribution in [0.2, 0.25) is 0 Å². The fourth-order valence-corrected chi connectivity index (χ4v) is 3.69. The maximum Gasteiger partial charge on any atom is 0.269 e. The molecular weight excluding hydrogens is 408 g/mol. The third kappa shape index (κ3) is 4.59. The molecule has 8 heteroatoms. The van der Waals surface area contributed by atoms with Gasteiger partial charge in [-0.15, -0.1) is 0 Å². The Bertz CT molecular complexity index is 1120. The van der Waals surface area contributed by atoms with Crippen molar-refractivity contribution in [1.29, 1.82) is 0 Å². The molecule has 1 heterocycles. The summed E-state index contributed by atoms with van der Waals surface area (Å²) in [6, 6.07) is 22.3. The van der Waals surface area contributed by atoms with Crippen molar-refractivity contribution in [2.45, 2.75) is 0 Å². The van der Waals surface area contributed by atoms with E-state index in [-0.39, 0.29) is 17.5 Å². The van der Waals surface area contributed by atoms with Gasteiger partial charge in [-0.2, -0.15) is 0 Å². The summed E-state index contributed by atoms with van der Waals surface area (Å²) in [5, 5.41) is 13.7. The number of carbonyl (C=O) groups excluding carboxylic acids is 2. The Labute approximate surface area is 185 Å². The van der Waals surface area contributed by atoms with Crippen LogP contribution in [0.3, 0.4) is 0 Å². The van der Waals surface area contributed by atoms with Crippen molar-refractivity contribution in [1.82, 2.24) is 4.90 Å². The number of hydrogen-bond acceptors (Lipinski definition) is 5. The number of nitrogens with zero attached hydrogens (tertiary/aromatic N) is 3. The number of carbonyl (C=O) groups is 2. The molecule has 0 bridgehead atoms. The van der Waals surface area contributed by atoms with E-state index < -0.39 is 4.92 Å². The van der Waals surface area contributed by atoms with E-state index in [0.717, 1.165) is 5.69 Å². The van der Waals surface area contributed by atoms with Gasteiger partial charge in [0.2, 0.25) is 0 Å². The molecule has 3 aromatic carbocycles. The molecule has 0 radical (unpaired) electrons. The monoisotopic (exact) mass is 430 g/mol. The lowest BCUT2D eigenvalue weighted by Gasteiger charge is -2.36. The predicted octanol–water partition coefficient (Wildman–Crippen LogP) is 3.81. The zero-order valence-electron chi connectivity index (χ0n) is 17.3. The first-order chi connectivity index (χ1) is 15.5. The first kappa shape index (κ1) is 21.0. The number of nitrogens with one attached hydrogen (secondary N) is 1. The van der Waals surface area contributed by atoms with Gasteiger partial charge in [0, 0.05) is 49.6 Å². The molecule has 0 atom stereocenters. The zero-order chi connectivity index (χ0) is 22.5. The Balaban J connectivity index is 1.42. The maximum absolute atomic E-state index is 13.2. The first-order valence-electron chi connectivity index (χ1n) is 10.3. The quantitative estimate of drug-likeness (QED) is 0.491. The minimum atomic E-state index is -0.422. The Morgan fingerprint density at radius 2 is 1.44 bits per heavy atom. The van der Waals surface area contributed by atoms with E-state index in [1.165, 1.54) is 12.1 Å². The Kier molecular flexibility index (Phi) is 6.12. The topological polar surface area (TPSA) is 95.8 Å². The van der Waals surface area contributed by atoms with Gasteiger partial charge in [-0.1, -0.05) is 30.3 Å². The molecule has 0 saturated carbocycles. The number of para-hydroxylation sites is 1. The first-order valence-corrected chi connectivity index (χ1v) is 10.3. The Morgan fingerprint density at radius 1 is 0.812 bits per heavy atom. The number of hydrogen-bond donors (Lipinski definition) is 1. The Morgan fingerprint density at radius 3 is 2.09 bits per heavy atom. The third-order valence-corrected chi connectivity index (χ3v) is 5.43. The second-order valence-corrected chi connectivity index (χ2v) is 7.42. The molecule has 1 N–H and O–H groups in total. The van der Waals surface area contributed by atoms with E-state index in [1.54, 1.807) is 65.6 Å². The van der Waals surface area contributed by atoms with Crippen LogP contribution in [0.4, 0.5) is 17.1 Å². The average Bonchev–Trinajstić information content (AvgIpc) is 2.84. The van der Waals surface area contributed by atoms with Crippen LogP contribution in [0.5, 0.6) is 0 Å². The second kappa shape index (κ2) is 9.30. The van der Waals surface area contributed by atoms with Crippen molar-refractivity contribution in [2.24, 2.45) is 0 Å². The van der Waals surface area contributed by atoms with Crippen molar-refractivity contribution in [2.75, 3.05) is 36.4 Å². The van der Waals surface area contributed by atoms with E-state index in [4.69, 9.17) is 0 Å². The summed E-state index contributed by atoms with van der Waals surface area (Å²) in [5.74, 6) is -0.411. The number of piperazine rings is 1. The summed E-state index contributed by atoms with van der Waals surface area (Å²) in [6.07, 6.45) is 0. The van der Waals surface area contributed by atoms with Crippen molar-refractivity contribution < 1.29 is 14.5 Å². The molecule has 0 spiro atoms. The van der Waals surface area contributed by atoms with E-state index in [1.807, 2.05) is 6.07 Å². The predicted molar refractivity (Wildman–Crippen MR) is 122 cm³/mol. The highest BCUT2D eigenvalue weighted by Crippen LogP contribution is 2.23. The van der Waals surface area contributed by atoms with Gasteiger partial charge in [-0.25, -0.2) is 0 Å². The highest BCUT2D eigenvalue weighted by molar-refractivity contribution is 6.09. The highest BCUT2D eigenvalue weighted by atomic mass is 16.6. The minimum absolute atomic E-state index is 0.0525. The number of benzene rings is 3. The van der Waals surface area contributed by atoms with Gasteiger partial charge in [0.05, 0.1) is 16.2 Å². The molecule has 2 amide bonds. The summed E-state index contributed by atoms with van der Waals surface area (Å²) in [6.45, 7) is 2.25. The van der Waals surface area contributed by atoms with Crippen LogP contribution >= 0.6 is 0 Å². The summed E-state index contributed by atoms with van der Waals surface area (Å²) in [4.78, 5) is 40.0. The molecule has 1 fully saturated rings. The van der Waals surface area contributed by atoms with Crippen LogP contribution in [0.15, 0.2) is 78.9 Å². The van der Waals surface area contributed by atoms with Crippen LogP contribution in [0.1, 0.15) is 20.7 Å². The summed E-state index contributed by atoms with van der Waals surface area (Å²) in [7, 11) is 0. The van der Waals surface area contributed by atoms with Crippen LogP contribution in [-0.2, 0) is 0 Å². The fourth-order valence-electron chi connectivity index (χ4n) is 3.69. The van der Waals surface area contributed by atoms with Crippen molar-refractivity contribution in [3.63, 3.8) is 0 Å². The molecule has 3 aromatic rings. The Hall–Kier alpha value is -4.20. The van der Waals surface area contributed by atoms with Gasteiger partial charge in [-0.05, 0) is 36.4 Å². The van der Waals surface area contributed by atoms with E-state index in [0.29, 0.717) is 43.0 Å². The zero-order valence-corrected chi connectivity index (χ0v) is 17.3. The van der Waals surface area contributed by atoms with Gasteiger partial charge in [-0.3, -0.25) is 19.7 Å². The summed E-state index contributed by atoms with van der Waals surface area (Å²) >= 11 is 0. The summed E-state index contributed by atoms with van der Waals surface area (Å²) in [5.41, 5.74) is 2.38. The van der Waals surface area contributed by atoms with Gasteiger partial charge >= 0.3 is 0 Å². The SMILES string of the molecule is O=C(Nc1ccccc1C(=O)N1CCN(c2ccc([N+](=O)[O-])cc2)CC1)c1ccccc1. The van der Waals surface area contributed by atoms with Gasteiger partial charge < -0.3 is 15.1 Å². The minimum Gasteiger partial charge on any atom is -0.368 e. The van der Waals surface area contributed by atoms with Crippen LogP contribution in [0.25, 0.3) is 0 Å². The molecule has 32 heavy (non-hydrogen) atoms. The van der Waals surface area contributed by atoms with Crippen LogP contribution < -0.4 is 10.2 Å². The lowest BCUT2D eigenvalue weighted by Crippen LogP contribution is -2.49. The lowest BCUT2D eigenvalue weighted by atomic mass is 10.1. The number of non-ortho nitro benzene ring substituents is 1. The lowest BCUT2D eigenvalue weighted by molar-refractivity contribution is -0.384. The number of rotatable bonds is 5. The summed E-state index contributed by atoms with van der Waals surface area (Å²) < 4.78 is 0. The molecule has 1 saturated heterocycles. The molecular formula is C24H22N4O4. The molecule has 8 nitrogen and oxygen atoms in total. The standard InChI is InChI=1S/C24H22N4O4/c29-23(18-6-2-1-3-7-18)25-22-9-5-4-8-21(22)24(30)27-16-14-26(15-17-27)19-10-12-20(13-11-19)28(31)32/h1-13H,14-17H2,(H,25,29). The molecule has 1 aliphatic heterocycles. The molecule has 1 aliphatic rings. The second-order valence-electron chi connectivity index (χ2n) is 7.42. The number of nitro benzene ring substituents is 1. The largest absolute Gasteiger partial charge is 0.368 e. The average molecular weight is 430 g/mol.